The van der Waals surface area contributed by atoms with E-state index in [1.165, 1.54) is 11.3 Å². The minimum absolute atomic E-state index is 0.347. The Morgan fingerprint density at radius 1 is 1.31 bits per heavy atom. The molecule has 10 nitrogen and oxygen atoms in total. The number of esters is 1. The number of amides is 4. The molecule has 2 fully saturated rings. The Balaban J connectivity index is 1.36. The van der Waals surface area contributed by atoms with Crippen LogP contribution in [0.15, 0.2) is 6.07 Å². The molecule has 2 aromatic rings. The second kappa shape index (κ2) is 7.14. The summed E-state index contributed by atoms with van der Waals surface area (Å²) < 4.78 is 6.72. The van der Waals surface area contributed by atoms with Gasteiger partial charge >= 0.3 is 12.0 Å². The van der Waals surface area contributed by atoms with Gasteiger partial charge in [0.2, 0.25) is 0 Å². The zero-order chi connectivity index (χ0) is 20.8. The number of imide groups is 1. The smallest absolute Gasteiger partial charge is 0.348 e. The minimum atomic E-state index is -0.928. The van der Waals surface area contributed by atoms with Gasteiger partial charge < -0.3 is 10.1 Å². The molecule has 4 rings (SSSR count). The normalized spacial score (nSPS) is 18.3. The molecule has 0 radical (unpaired) electrons. The molecule has 2 aromatic heterocycles. The van der Waals surface area contributed by atoms with Gasteiger partial charge in [0.1, 0.15) is 15.2 Å². The molecule has 154 valence electrons. The molecule has 2 aliphatic rings. The maximum absolute atomic E-state index is 12.6. The molecule has 1 saturated heterocycles. The maximum Gasteiger partial charge on any atom is 0.348 e. The van der Waals surface area contributed by atoms with Crippen molar-refractivity contribution in [3.05, 3.63) is 16.6 Å². The molecule has 2 N–H and O–H groups in total. The van der Waals surface area contributed by atoms with Crippen LogP contribution < -0.4 is 10.7 Å². The van der Waals surface area contributed by atoms with E-state index in [1.54, 1.807) is 17.8 Å². The Morgan fingerprint density at radius 3 is 2.72 bits per heavy atom. The standard InChI is InChI=1S/C18H21N5O5S/c1-10-11-8-12(29-14(11)22(2)20-10)15(25)28-9-13(24)21-23-16(26)18(19-17(23)27)6-4-3-5-7-18/h8H,3-7,9H2,1-2H3,(H,19,27)(H,21,24). The first-order valence-corrected chi connectivity index (χ1v) is 10.2. The van der Waals surface area contributed by atoms with E-state index < -0.39 is 36.0 Å². The highest BCUT2D eigenvalue weighted by atomic mass is 32.1. The van der Waals surface area contributed by atoms with Crippen molar-refractivity contribution >= 4 is 45.4 Å². The van der Waals surface area contributed by atoms with Crippen molar-refractivity contribution in [3.8, 4) is 0 Å². The van der Waals surface area contributed by atoms with E-state index in [4.69, 9.17) is 4.74 Å². The van der Waals surface area contributed by atoms with Crippen molar-refractivity contribution in [3.63, 3.8) is 0 Å². The number of carbonyl (C=O) groups is 4. The maximum atomic E-state index is 12.6. The average molecular weight is 419 g/mol. The summed E-state index contributed by atoms with van der Waals surface area (Å²) >= 11 is 1.22. The largest absolute Gasteiger partial charge is 0.451 e. The molecule has 29 heavy (non-hydrogen) atoms. The lowest BCUT2D eigenvalue weighted by molar-refractivity contribution is -0.140. The zero-order valence-electron chi connectivity index (χ0n) is 16.1. The Bertz CT molecular complexity index is 985. The van der Waals surface area contributed by atoms with Crippen LogP contribution in [0.25, 0.3) is 10.2 Å². The van der Waals surface area contributed by atoms with E-state index in [1.807, 2.05) is 6.92 Å². The van der Waals surface area contributed by atoms with Crippen molar-refractivity contribution in [1.29, 1.82) is 0 Å². The van der Waals surface area contributed by atoms with E-state index >= 15 is 0 Å². The Morgan fingerprint density at radius 2 is 2.03 bits per heavy atom. The van der Waals surface area contributed by atoms with Gasteiger partial charge in [0.25, 0.3) is 11.8 Å². The van der Waals surface area contributed by atoms with Gasteiger partial charge in [-0.3, -0.25) is 19.7 Å². The second-order valence-electron chi connectivity index (χ2n) is 7.36. The number of aryl methyl sites for hydroxylation is 2. The summed E-state index contributed by atoms with van der Waals surface area (Å²) in [6, 6.07) is 1.01. The number of thiophene rings is 1. The molecular weight excluding hydrogens is 398 g/mol. The summed E-state index contributed by atoms with van der Waals surface area (Å²) in [6.07, 6.45) is 3.81. The number of nitrogens with zero attached hydrogens (tertiary/aromatic N) is 3. The molecule has 11 heteroatoms. The molecule has 0 unspecified atom stereocenters. The van der Waals surface area contributed by atoms with Crippen LogP contribution in [0, 0.1) is 6.92 Å². The summed E-state index contributed by atoms with van der Waals surface area (Å²) in [6.45, 7) is 1.24. The van der Waals surface area contributed by atoms with Gasteiger partial charge in [-0.2, -0.15) is 10.1 Å². The van der Waals surface area contributed by atoms with Gasteiger partial charge in [0, 0.05) is 12.4 Å². The van der Waals surface area contributed by atoms with Crippen molar-refractivity contribution in [2.24, 2.45) is 7.05 Å². The van der Waals surface area contributed by atoms with Crippen LogP contribution in [0.4, 0.5) is 4.79 Å². The van der Waals surface area contributed by atoms with E-state index in [0.29, 0.717) is 22.7 Å². The van der Waals surface area contributed by atoms with E-state index in [0.717, 1.165) is 35.2 Å². The highest BCUT2D eigenvalue weighted by molar-refractivity contribution is 7.20. The number of nitrogens with one attached hydrogen (secondary N) is 2. The quantitative estimate of drug-likeness (QED) is 0.570. The predicted molar refractivity (Wildman–Crippen MR) is 103 cm³/mol. The fourth-order valence-corrected chi connectivity index (χ4v) is 4.90. The summed E-state index contributed by atoms with van der Waals surface area (Å²) in [5, 5.41) is 8.51. The van der Waals surface area contributed by atoms with Crippen LogP contribution in [0.5, 0.6) is 0 Å². The molecule has 0 bridgehead atoms. The van der Waals surface area contributed by atoms with Gasteiger partial charge in [-0.25, -0.2) is 9.59 Å². The van der Waals surface area contributed by atoms with Crippen molar-refractivity contribution in [2.45, 2.75) is 44.6 Å². The SMILES string of the molecule is Cc1nn(C)c2sc(C(=O)OCC(=O)NN3C(=O)NC4(CCCCC4)C3=O)cc12. The third-order valence-corrected chi connectivity index (χ3v) is 6.52. The monoisotopic (exact) mass is 419 g/mol. The molecule has 0 aromatic carbocycles. The molecule has 4 amide bonds. The molecular formula is C18H21N5O5S. The lowest BCUT2D eigenvalue weighted by atomic mass is 9.82. The number of hydrogen-bond donors (Lipinski definition) is 2. The van der Waals surface area contributed by atoms with Crippen LogP contribution in [-0.2, 0) is 21.4 Å². The summed E-state index contributed by atoms with van der Waals surface area (Å²) in [7, 11) is 1.78. The van der Waals surface area contributed by atoms with Gasteiger partial charge in [0.15, 0.2) is 6.61 Å². The second-order valence-corrected chi connectivity index (χ2v) is 8.39. The minimum Gasteiger partial charge on any atom is -0.451 e. The van der Waals surface area contributed by atoms with Crippen molar-refractivity contribution < 1.29 is 23.9 Å². The molecule has 3 heterocycles. The van der Waals surface area contributed by atoms with Crippen LogP contribution in [0.2, 0.25) is 0 Å². The third-order valence-electron chi connectivity index (χ3n) is 5.34. The number of urea groups is 1. The van der Waals surface area contributed by atoms with Crippen LogP contribution in [0.3, 0.4) is 0 Å². The van der Waals surface area contributed by atoms with Crippen LogP contribution in [-0.4, -0.2) is 50.7 Å². The lowest BCUT2D eigenvalue weighted by Gasteiger charge is -2.30. The summed E-state index contributed by atoms with van der Waals surface area (Å²) in [4.78, 5) is 50.4. The third kappa shape index (κ3) is 3.35. The highest BCUT2D eigenvalue weighted by Crippen LogP contribution is 2.33. The van der Waals surface area contributed by atoms with Gasteiger partial charge in [-0.1, -0.05) is 19.3 Å². The lowest BCUT2D eigenvalue weighted by Crippen LogP contribution is -2.51. The fourth-order valence-electron chi connectivity index (χ4n) is 3.88. The fraction of sp³-hybridized carbons (Fsp3) is 0.500. The first-order valence-electron chi connectivity index (χ1n) is 9.37. The number of carbonyl (C=O) groups excluding carboxylic acids is 4. The first kappa shape index (κ1) is 19.4. The molecule has 1 aliphatic carbocycles. The topological polar surface area (TPSA) is 123 Å². The number of hydrogen-bond acceptors (Lipinski definition) is 7. The van der Waals surface area contributed by atoms with Crippen LogP contribution >= 0.6 is 11.3 Å². The first-order chi connectivity index (χ1) is 13.8. The Hall–Kier alpha value is -2.95. The number of ether oxygens (including phenoxy) is 1. The van der Waals surface area contributed by atoms with Crippen molar-refractivity contribution in [1.82, 2.24) is 25.5 Å². The van der Waals surface area contributed by atoms with Gasteiger partial charge in [-0.05, 0) is 25.8 Å². The summed E-state index contributed by atoms with van der Waals surface area (Å²) in [5.74, 6) is -1.87. The number of fused-ring (bicyclic) bond motifs is 1. The predicted octanol–water partition coefficient (Wildman–Crippen LogP) is 1.39. The Labute approximate surface area is 170 Å². The van der Waals surface area contributed by atoms with Gasteiger partial charge in [0.05, 0.1) is 5.69 Å². The van der Waals surface area contributed by atoms with Gasteiger partial charge in [-0.15, -0.1) is 11.3 Å². The number of hydrazine groups is 1. The van der Waals surface area contributed by atoms with E-state index in [9.17, 15) is 19.2 Å². The van der Waals surface area contributed by atoms with Crippen molar-refractivity contribution in [2.75, 3.05) is 6.61 Å². The highest BCUT2D eigenvalue weighted by Gasteiger charge is 2.52. The Kier molecular flexibility index (Phi) is 4.77. The number of rotatable bonds is 4. The molecule has 1 aliphatic heterocycles. The molecule has 0 atom stereocenters. The zero-order valence-corrected chi connectivity index (χ0v) is 16.9. The van der Waals surface area contributed by atoms with E-state index in [-0.39, 0.29) is 0 Å². The van der Waals surface area contributed by atoms with E-state index in [2.05, 4.69) is 15.8 Å². The molecule has 1 spiro atoms. The number of aromatic nitrogens is 2. The van der Waals surface area contributed by atoms with Crippen LogP contribution in [0.1, 0.15) is 47.5 Å². The molecule has 1 saturated carbocycles. The summed E-state index contributed by atoms with van der Waals surface area (Å²) in [5.41, 5.74) is 2.11. The average Bonchev–Trinajstić information content (AvgIpc) is 3.31.